The highest BCUT2D eigenvalue weighted by molar-refractivity contribution is 6.06. The minimum Gasteiger partial charge on any atom is -0.494 e. The van der Waals surface area contributed by atoms with Crippen LogP contribution < -0.4 is 15.4 Å². The van der Waals surface area contributed by atoms with Gasteiger partial charge in [-0.15, -0.1) is 12.4 Å². The number of hydrogen-bond donors (Lipinski definition) is 2. The Morgan fingerprint density at radius 3 is 2.88 bits per heavy atom. The molecule has 0 bridgehead atoms. The Bertz CT molecular complexity index is 731. The molecule has 0 aliphatic carbocycles. The van der Waals surface area contributed by atoms with Crippen LogP contribution in [0.5, 0.6) is 5.75 Å². The van der Waals surface area contributed by atoms with Crippen LogP contribution in [0, 0.1) is 6.92 Å². The van der Waals surface area contributed by atoms with Crippen LogP contribution in [0.15, 0.2) is 36.4 Å². The molecule has 0 aromatic heterocycles. The molecule has 2 aromatic carbocycles. The summed E-state index contributed by atoms with van der Waals surface area (Å²) in [5.74, 6) is 0.766. The molecule has 1 amide bonds. The molecule has 24 heavy (non-hydrogen) atoms. The van der Waals surface area contributed by atoms with E-state index in [2.05, 4.69) is 10.6 Å². The lowest BCUT2D eigenvalue weighted by atomic mass is 9.97. The number of hydrogen-bond acceptors (Lipinski definition) is 3. The van der Waals surface area contributed by atoms with E-state index in [0.717, 1.165) is 53.2 Å². The van der Waals surface area contributed by atoms with Crippen molar-refractivity contribution >= 4 is 29.7 Å². The third-order valence-corrected chi connectivity index (χ3v) is 4.10. The Hall–Kier alpha value is -2.20. The van der Waals surface area contributed by atoms with Gasteiger partial charge in [-0.3, -0.25) is 4.79 Å². The molecular formula is C19H23ClN2O2. The lowest BCUT2D eigenvalue weighted by Gasteiger charge is -2.20. The summed E-state index contributed by atoms with van der Waals surface area (Å²) < 4.78 is 5.48. The van der Waals surface area contributed by atoms with Crippen LogP contribution in [0.2, 0.25) is 0 Å². The van der Waals surface area contributed by atoms with E-state index in [4.69, 9.17) is 4.74 Å². The third kappa shape index (κ3) is 3.82. The van der Waals surface area contributed by atoms with Crippen molar-refractivity contribution in [3.63, 3.8) is 0 Å². The molecule has 0 radical (unpaired) electrons. The van der Waals surface area contributed by atoms with Gasteiger partial charge in [0.2, 0.25) is 0 Å². The Balaban J connectivity index is 0.00000208. The zero-order valence-corrected chi connectivity index (χ0v) is 14.8. The van der Waals surface area contributed by atoms with Gasteiger partial charge in [-0.1, -0.05) is 6.07 Å². The van der Waals surface area contributed by atoms with Crippen molar-refractivity contribution in [3.05, 3.63) is 53.1 Å². The summed E-state index contributed by atoms with van der Waals surface area (Å²) in [4.78, 5) is 12.7. The number of aryl methyl sites for hydroxylation is 1. The van der Waals surface area contributed by atoms with Crippen LogP contribution in [-0.4, -0.2) is 19.1 Å². The minimum absolute atomic E-state index is 0. The average molecular weight is 347 g/mol. The van der Waals surface area contributed by atoms with Crippen LogP contribution in [-0.2, 0) is 6.42 Å². The molecular weight excluding hydrogens is 324 g/mol. The van der Waals surface area contributed by atoms with Gasteiger partial charge >= 0.3 is 0 Å². The van der Waals surface area contributed by atoms with Crippen LogP contribution in [0.3, 0.4) is 0 Å². The van der Waals surface area contributed by atoms with Crippen LogP contribution in [0.25, 0.3) is 0 Å². The highest BCUT2D eigenvalue weighted by Crippen LogP contribution is 2.27. The summed E-state index contributed by atoms with van der Waals surface area (Å²) in [7, 11) is 0. The predicted octanol–water partition coefficient (Wildman–Crippen LogP) is 4.43. The van der Waals surface area contributed by atoms with Gasteiger partial charge in [0.05, 0.1) is 6.61 Å². The smallest absolute Gasteiger partial charge is 0.256 e. The third-order valence-electron chi connectivity index (χ3n) is 4.10. The normalized spacial score (nSPS) is 12.4. The van der Waals surface area contributed by atoms with E-state index >= 15 is 0 Å². The predicted molar refractivity (Wildman–Crippen MR) is 101 cm³/mol. The van der Waals surface area contributed by atoms with Gasteiger partial charge in [0.1, 0.15) is 5.75 Å². The van der Waals surface area contributed by atoms with Crippen LogP contribution >= 0.6 is 12.4 Å². The summed E-state index contributed by atoms with van der Waals surface area (Å²) in [5, 5.41) is 6.38. The van der Waals surface area contributed by atoms with Crippen molar-refractivity contribution in [2.75, 3.05) is 23.8 Å². The van der Waals surface area contributed by atoms with Gasteiger partial charge in [0.15, 0.2) is 0 Å². The standard InChI is InChI=1S/C19H22N2O2.ClH/c1-3-23-14-9-10-17(13(2)12-14)21-19(22)16-6-4-8-18-15(16)7-5-11-20-18;/h4,6,8-10,12,20H,3,5,7,11H2,1-2H3,(H,21,22);1H. The number of carbonyl (C=O) groups excluding carboxylic acids is 1. The molecule has 0 saturated carbocycles. The first-order valence-electron chi connectivity index (χ1n) is 8.09. The summed E-state index contributed by atoms with van der Waals surface area (Å²) in [5.41, 5.74) is 4.75. The number of rotatable bonds is 4. The zero-order valence-electron chi connectivity index (χ0n) is 14.0. The lowest BCUT2D eigenvalue weighted by Crippen LogP contribution is -2.19. The fraction of sp³-hybridized carbons (Fsp3) is 0.316. The monoisotopic (exact) mass is 346 g/mol. The van der Waals surface area contributed by atoms with Gasteiger partial charge in [0.25, 0.3) is 5.91 Å². The molecule has 5 heteroatoms. The molecule has 0 saturated heterocycles. The van der Waals surface area contributed by atoms with E-state index in [1.807, 2.05) is 50.2 Å². The van der Waals surface area contributed by atoms with E-state index in [0.29, 0.717) is 6.61 Å². The van der Waals surface area contributed by atoms with Crippen molar-refractivity contribution in [1.29, 1.82) is 0 Å². The van der Waals surface area contributed by atoms with Crippen LogP contribution in [0.4, 0.5) is 11.4 Å². The summed E-state index contributed by atoms with van der Waals surface area (Å²) >= 11 is 0. The minimum atomic E-state index is -0.0576. The molecule has 0 fully saturated rings. The van der Waals surface area contributed by atoms with Gasteiger partial charge in [0, 0.05) is 23.5 Å². The Morgan fingerprint density at radius 2 is 2.12 bits per heavy atom. The fourth-order valence-corrected chi connectivity index (χ4v) is 2.95. The number of anilines is 2. The summed E-state index contributed by atoms with van der Waals surface area (Å²) in [6.07, 6.45) is 1.99. The van der Waals surface area contributed by atoms with Gasteiger partial charge in [-0.2, -0.15) is 0 Å². The van der Waals surface area contributed by atoms with E-state index in [-0.39, 0.29) is 18.3 Å². The van der Waals surface area contributed by atoms with Crippen LogP contribution in [0.1, 0.15) is 34.8 Å². The van der Waals surface area contributed by atoms with Crippen molar-refractivity contribution in [3.8, 4) is 5.75 Å². The molecule has 2 aromatic rings. The summed E-state index contributed by atoms with van der Waals surface area (Å²) in [6, 6.07) is 11.6. The molecule has 0 spiro atoms. The maximum atomic E-state index is 12.7. The molecule has 1 heterocycles. The number of carbonyl (C=O) groups is 1. The van der Waals surface area contributed by atoms with Gasteiger partial charge in [-0.25, -0.2) is 0 Å². The first-order chi connectivity index (χ1) is 11.2. The highest BCUT2D eigenvalue weighted by atomic mass is 35.5. The molecule has 4 nitrogen and oxygen atoms in total. The largest absolute Gasteiger partial charge is 0.494 e. The van der Waals surface area contributed by atoms with E-state index in [9.17, 15) is 4.79 Å². The quantitative estimate of drug-likeness (QED) is 0.861. The first-order valence-corrected chi connectivity index (χ1v) is 8.09. The number of amides is 1. The molecule has 2 N–H and O–H groups in total. The van der Waals surface area contributed by atoms with Gasteiger partial charge < -0.3 is 15.4 Å². The van der Waals surface area contributed by atoms with Crippen molar-refractivity contribution in [1.82, 2.24) is 0 Å². The van der Waals surface area contributed by atoms with Gasteiger partial charge in [-0.05, 0) is 68.1 Å². The van der Waals surface area contributed by atoms with E-state index in [1.54, 1.807) is 0 Å². The second-order valence-electron chi connectivity index (χ2n) is 5.73. The Morgan fingerprint density at radius 1 is 1.29 bits per heavy atom. The highest BCUT2D eigenvalue weighted by Gasteiger charge is 2.17. The maximum absolute atomic E-state index is 12.7. The molecule has 1 aliphatic heterocycles. The lowest BCUT2D eigenvalue weighted by molar-refractivity contribution is 0.102. The number of ether oxygens (including phenoxy) is 1. The molecule has 3 rings (SSSR count). The maximum Gasteiger partial charge on any atom is 0.256 e. The Labute approximate surface area is 149 Å². The number of benzene rings is 2. The number of fused-ring (bicyclic) bond motifs is 1. The molecule has 0 unspecified atom stereocenters. The van der Waals surface area contributed by atoms with Crippen molar-refractivity contribution < 1.29 is 9.53 Å². The fourth-order valence-electron chi connectivity index (χ4n) is 2.95. The Kier molecular flexibility index (Phi) is 6.10. The molecule has 1 aliphatic rings. The average Bonchev–Trinajstić information content (AvgIpc) is 2.57. The summed E-state index contributed by atoms with van der Waals surface area (Å²) in [6.45, 7) is 5.53. The van der Waals surface area contributed by atoms with E-state index < -0.39 is 0 Å². The second kappa shape index (κ2) is 8.06. The van der Waals surface area contributed by atoms with Crippen molar-refractivity contribution in [2.24, 2.45) is 0 Å². The number of halogens is 1. The SMILES string of the molecule is CCOc1ccc(NC(=O)c2cccc3c2CCCN3)c(C)c1.Cl. The molecule has 128 valence electrons. The van der Waals surface area contributed by atoms with Crippen molar-refractivity contribution in [2.45, 2.75) is 26.7 Å². The second-order valence-corrected chi connectivity index (χ2v) is 5.73. The first kappa shape index (κ1) is 18.1. The molecule has 0 atom stereocenters. The topological polar surface area (TPSA) is 50.4 Å². The zero-order chi connectivity index (χ0) is 16.2. The number of nitrogens with one attached hydrogen (secondary N) is 2. The van der Waals surface area contributed by atoms with E-state index in [1.165, 1.54) is 0 Å².